The summed E-state index contributed by atoms with van der Waals surface area (Å²) in [6, 6.07) is 3.04. The molecule has 1 aliphatic heterocycles. The fourth-order valence-corrected chi connectivity index (χ4v) is 3.14. The van der Waals surface area contributed by atoms with Gasteiger partial charge in [-0.05, 0) is 31.0 Å². The van der Waals surface area contributed by atoms with Crippen LogP contribution in [0.2, 0.25) is 10.0 Å². The molecular weight excluding hydrogens is 286 g/mol. The van der Waals surface area contributed by atoms with Gasteiger partial charge in [-0.1, -0.05) is 37.0 Å². The van der Waals surface area contributed by atoms with Gasteiger partial charge in [0.1, 0.15) is 5.82 Å². The van der Waals surface area contributed by atoms with Crippen molar-refractivity contribution in [2.75, 3.05) is 24.5 Å². The molecule has 0 spiro atoms. The van der Waals surface area contributed by atoms with Crippen molar-refractivity contribution >= 4 is 28.9 Å². The second kappa shape index (κ2) is 6.29. The van der Waals surface area contributed by atoms with Gasteiger partial charge in [-0.15, -0.1) is 0 Å². The summed E-state index contributed by atoms with van der Waals surface area (Å²) in [6.07, 6.45) is 1.02. The van der Waals surface area contributed by atoms with Crippen LogP contribution in [0.5, 0.6) is 0 Å². The van der Waals surface area contributed by atoms with Crippen LogP contribution in [0.4, 0.5) is 10.1 Å². The molecule has 0 aliphatic carbocycles. The topological polar surface area (TPSA) is 15.3 Å². The summed E-state index contributed by atoms with van der Waals surface area (Å²) in [5.41, 5.74) is 0.749. The zero-order valence-corrected chi connectivity index (χ0v) is 12.7. The van der Waals surface area contributed by atoms with Crippen LogP contribution < -0.4 is 10.2 Å². The Morgan fingerprint density at radius 1 is 1.32 bits per heavy atom. The lowest BCUT2D eigenvalue weighted by Gasteiger charge is -2.29. The Kier molecular flexibility index (Phi) is 4.93. The van der Waals surface area contributed by atoms with E-state index in [1.54, 1.807) is 0 Å². The number of hydrogen-bond acceptors (Lipinski definition) is 2. The molecule has 1 aromatic carbocycles. The highest BCUT2D eigenvalue weighted by molar-refractivity contribution is 6.39. The third kappa shape index (κ3) is 3.53. The molecule has 0 amide bonds. The average molecular weight is 305 g/mol. The second-order valence-corrected chi connectivity index (χ2v) is 6.14. The average Bonchev–Trinajstić information content (AvgIpc) is 2.53. The minimum absolute atomic E-state index is 0.384. The van der Waals surface area contributed by atoms with Crippen molar-refractivity contribution in [1.82, 2.24) is 5.32 Å². The Balaban J connectivity index is 2.29. The Bertz CT molecular complexity index is 428. The smallest absolute Gasteiger partial charge is 0.126 e. The molecule has 1 aliphatic rings. The van der Waals surface area contributed by atoms with Crippen LogP contribution in [0.15, 0.2) is 12.1 Å². The van der Waals surface area contributed by atoms with E-state index in [-0.39, 0.29) is 0 Å². The van der Waals surface area contributed by atoms with Crippen molar-refractivity contribution in [2.45, 2.75) is 26.3 Å². The van der Waals surface area contributed by atoms with Crippen molar-refractivity contribution in [3.05, 3.63) is 28.0 Å². The first kappa shape index (κ1) is 14.9. The number of halogens is 3. The second-order valence-electron chi connectivity index (χ2n) is 5.32. The van der Waals surface area contributed by atoms with Gasteiger partial charge in [0.15, 0.2) is 0 Å². The van der Waals surface area contributed by atoms with Gasteiger partial charge in [0.2, 0.25) is 0 Å². The van der Waals surface area contributed by atoms with E-state index in [1.807, 2.05) is 0 Å². The molecule has 2 nitrogen and oxygen atoms in total. The van der Waals surface area contributed by atoms with Crippen molar-refractivity contribution in [2.24, 2.45) is 5.92 Å². The molecule has 2 rings (SSSR count). The summed E-state index contributed by atoms with van der Waals surface area (Å²) < 4.78 is 13.3. The van der Waals surface area contributed by atoms with E-state index in [0.29, 0.717) is 22.0 Å². The van der Waals surface area contributed by atoms with Gasteiger partial charge in [-0.2, -0.15) is 0 Å². The highest BCUT2D eigenvalue weighted by Crippen LogP contribution is 2.35. The van der Waals surface area contributed by atoms with Crippen LogP contribution in [0.3, 0.4) is 0 Å². The molecule has 1 atom stereocenters. The quantitative estimate of drug-likeness (QED) is 0.890. The third-order valence-corrected chi connectivity index (χ3v) is 4.11. The summed E-state index contributed by atoms with van der Waals surface area (Å²) in [6.45, 7) is 7.07. The van der Waals surface area contributed by atoms with Gasteiger partial charge in [0, 0.05) is 19.1 Å². The van der Waals surface area contributed by atoms with E-state index in [4.69, 9.17) is 23.2 Å². The first-order valence-corrected chi connectivity index (χ1v) is 7.37. The number of nitrogens with zero attached hydrogens (tertiary/aromatic N) is 1. The van der Waals surface area contributed by atoms with Gasteiger partial charge in [0.25, 0.3) is 0 Å². The Morgan fingerprint density at radius 3 is 2.53 bits per heavy atom. The van der Waals surface area contributed by atoms with E-state index >= 15 is 0 Å². The molecule has 1 heterocycles. The number of benzene rings is 1. The molecule has 19 heavy (non-hydrogen) atoms. The number of nitrogens with one attached hydrogen (secondary N) is 1. The molecule has 1 saturated heterocycles. The van der Waals surface area contributed by atoms with Gasteiger partial charge in [-0.25, -0.2) is 4.39 Å². The molecule has 1 aromatic rings. The zero-order valence-electron chi connectivity index (χ0n) is 11.2. The maximum absolute atomic E-state index is 13.3. The zero-order chi connectivity index (χ0) is 14.0. The van der Waals surface area contributed by atoms with Crippen LogP contribution in [0.1, 0.15) is 20.3 Å². The van der Waals surface area contributed by atoms with Crippen LogP contribution in [0, 0.1) is 11.7 Å². The molecule has 5 heteroatoms. The van der Waals surface area contributed by atoms with Gasteiger partial charge in [-0.3, -0.25) is 0 Å². The maximum Gasteiger partial charge on any atom is 0.126 e. The normalized spacial score (nSPS) is 20.7. The lowest BCUT2D eigenvalue weighted by molar-refractivity contribution is 0.420. The number of anilines is 1. The largest absolute Gasteiger partial charge is 0.368 e. The van der Waals surface area contributed by atoms with Crippen LogP contribution in [-0.2, 0) is 0 Å². The molecule has 0 radical (unpaired) electrons. The van der Waals surface area contributed by atoms with Gasteiger partial charge < -0.3 is 10.2 Å². The molecule has 0 bridgehead atoms. The Hall–Kier alpha value is -0.510. The lowest BCUT2D eigenvalue weighted by Crippen LogP contribution is -2.41. The maximum atomic E-state index is 13.3. The van der Waals surface area contributed by atoms with E-state index in [2.05, 4.69) is 24.1 Å². The number of rotatable bonds is 2. The molecule has 1 fully saturated rings. The first-order chi connectivity index (χ1) is 8.99. The molecule has 0 aromatic heterocycles. The van der Waals surface area contributed by atoms with E-state index in [0.717, 1.165) is 31.7 Å². The van der Waals surface area contributed by atoms with Gasteiger partial charge >= 0.3 is 0 Å². The number of hydrogen-bond donors (Lipinski definition) is 1. The van der Waals surface area contributed by atoms with Crippen molar-refractivity contribution < 1.29 is 4.39 Å². The van der Waals surface area contributed by atoms with Crippen LogP contribution in [-0.4, -0.2) is 25.7 Å². The summed E-state index contributed by atoms with van der Waals surface area (Å²) >= 11 is 12.3. The minimum atomic E-state index is -0.396. The highest BCUT2D eigenvalue weighted by atomic mass is 35.5. The third-order valence-electron chi connectivity index (χ3n) is 3.53. The fraction of sp³-hybridized carbons (Fsp3) is 0.571. The highest BCUT2D eigenvalue weighted by Gasteiger charge is 2.23. The minimum Gasteiger partial charge on any atom is -0.368 e. The standard InChI is InChI=1S/C14H19Cl2FN2/c1-9(2)13-8-19(5-3-4-18-13)14-11(15)6-10(17)7-12(14)16/h6-7,9,13,18H,3-5,8H2,1-2H3. The van der Waals surface area contributed by atoms with Crippen LogP contribution >= 0.6 is 23.2 Å². The fourth-order valence-electron chi connectivity index (χ4n) is 2.44. The SMILES string of the molecule is CC(C)C1CN(c2c(Cl)cc(F)cc2Cl)CCCN1. The molecule has 1 unspecified atom stereocenters. The summed E-state index contributed by atoms with van der Waals surface area (Å²) in [7, 11) is 0. The van der Waals surface area contributed by atoms with E-state index in [9.17, 15) is 4.39 Å². The first-order valence-electron chi connectivity index (χ1n) is 6.62. The van der Waals surface area contributed by atoms with E-state index in [1.165, 1.54) is 12.1 Å². The lowest BCUT2D eigenvalue weighted by atomic mass is 10.0. The summed E-state index contributed by atoms with van der Waals surface area (Å²) in [4.78, 5) is 2.16. The summed E-state index contributed by atoms with van der Waals surface area (Å²) in [5.74, 6) is 0.130. The molecule has 1 N–H and O–H groups in total. The van der Waals surface area contributed by atoms with Crippen LogP contribution in [0.25, 0.3) is 0 Å². The Labute approximate surface area is 123 Å². The van der Waals surface area contributed by atoms with E-state index < -0.39 is 5.82 Å². The summed E-state index contributed by atoms with van der Waals surface area (Å²) in [5, 5.41) is 4.30. The van der Waals surface area contributed by atoms with Gasteiger partial charge in [0.05, 0.1) is 15.7 Å². The predicted molar refractivity (Wildman–Crippen MR) is 79.9 cm³/mol. The Morgan fingerprint density at radius 2 is 1.95 bits per heavy atom. The predicted octanol–water partition coefficient (Wildman–Crippen LogP) is 3.96. The van der Waals surface area contributed by atoms with Crippen molar-refractivity contribution in [1.29, 1.82) is 0 Å². The van der Waals surface area contributed by atoms with Crippen molar-refractivity contribution in [3.8, 4) is 0 Å². The molecular formula is C14H19Cl2FN2. The molecule has 0 saturated carbocycles. The monoisotopic (exact) mass is 304 g/mol. The van der Waals surface area contributed by atoms with Crippen molar-refractivity contribution in [3.63, 3.8) is 0 Å². The molecule has 106 valence electrons.